The van der Waals surface area contributed by atoms with E-state index in [1.807, 2.05) is 40.6 Å². The van der Waals surface area contributed by atoms with Gasteiger partial charge in [0.15, 0.2) is 11.5 Å². The van der Waals surface area contributed by atoms with Crippen LogP contribution in [0.15, 0.2) is 24.4 Å². The lowest BCUT2D eigenvalue weighted by Gasteiger charge is -2.03. The van der Waals surface area contributed by atoms with Crippen molar-refractivity contribution in [3.8, 4) is 0 Å². The maximum Gasteiger partial charge on any atom is 0.160 e. The molecule has 17 heavy (non-hydrogen) atoms. The average Bonchev–Trinajstić information content (AvgIpc) is 2.77. The van der Waals surface area contributed by atoms with E-state index in [2.05, 4.69) is 21.8 Å². The zero-order valence-corrected chi connectivity index (χ0v) is 10.9. The standard InChI is InChI=1S/C12H18N4S/c1-17-9-5-3-7-13-10-12-15-14-11-6-2-4-8-16(11)12/h2,4,6,8,13H,3,5,7,9-10H2,1H3. The molecule has 0 fully saturated rings. The highest BCUT2D eigenvalue weighted by Crippen LogP contribution is 2.02. The van der Waals surface area contributed by atoms with Crippen LogP contribution in [0, 0.1) is 0 Å². The molecule has 0 saturated heterocycles. The summed E-state index contributed by atoms with van der Waals surface area (Å²) in [6.07, 6.45) is 6.64. The van der Waals surface area contributed by atoms with Gasteiger partial charge in [0.25, 0.3) is 0 Å². The Morgan fingerprint density at radius 2 is 2.24 bits per heavy atom. The molecule has 0 aliphatic heterocycles. The first-order valence-corrected chi connectivity index (χ1v) is 7.29. The van der Waals surface area contributed by atoms with Crippen molar-refractivity contribution in [3.63, 3.8) is 0 Å². The molecule has 92 valence electrons. The summed E-state index contributed by atoms with van der Waals surface area (Å²) in [6, 6.07) is 5.94. The highest BCUT2D eigenvalue weighted by atomic mass is 32.2. The molecule has 0 radical (unpaired) electrons. The van der Waals surface area contributed by atoms with Gasteiger partial charge in [0.1, 0.15) is 0 Å². The Bertz CT molecular complexity index is 454. The summed E-state index contributed by atoms with van der Waals surface area (Å²) >= 11 is 1.91. The fourth-order valence-electron chi connectivity index (χ4n) is 1.71. The van der Waals surface area contributed by atoms with Crippen molar-refractivity contribution >= 4 is 17.4 Å². The molecule has 0 spiro atoms. The predicted octanol–water partition coefficient (Wildman–Crippen LogP) is 1.96. The number of nitrogens with zero attached hydrogens (tertiary/aromatic N) is 3. The third-order valence-corrected chi connectivity index (χ3v) is 3.32. The van der Waals surface area contributed by atoms with Crippen molar-refractivity contribution in [3.05, 3.63) is 30.2 Å². The number of aromatic nitrogens is 3. The lowest BCUT2D eigenvalue weighted by molar-refractivity contribution is 0.621. The van der Waals surface area contributed by atoms with Crippen molar-refractivity contribution in [2.24, 2.45) is 0 Å². The molecule has 2 heterocycles. The lowest BCUT2D eigenvalue weighted by atomic mass is 10.3. The zero-order chi connectivity index (χ0) is 11.9. The SMILES string of the molecule is CSCCCCNCc1nnc2ccccn12. The Balaban J connectivity index is 1.79. The fourth-order valence-corrected chi connectivity index (χ4v) is 2.20. The van der Waals surface area contributed by atoms with Crippen LogP contribution in [0.2, 0.25) is 0 Å². The van der Waals surface area contributed by atoms with E-state index in [9.17, 15) is 0 Å². The summed E-state index contributed by atoms with van der Waals surface area (Å²) in [5, 5.41) is 11.7. The largest absolute Gasteiger partial charge is 0.310 e. The van der Waals surface area contributed by atoms with Gasteiger partial charge in [-0.15, -0.1) is 10.2 Å². The van der Waals surface area contributed by atoms with Gasteiger partial charge in [-0.05, 0) is 43.5 Å². The first-order chi connectivity index (χ1) is 8.42. The fraction of sp³-hybridized carbons (Fsp3) is 0.500. The molecule has 0 bridgehead atoms. The van der Waals surface area contributed by atoms with E-state index in [-0.39, 0.29) is 0 Å². The van der Waals surface area contributed by atoms with E-state index >= 15 is 0 Å². The third-order valence-electron chi connectivity index (χ3n) is 2.62. The van der Waals surface area contributed by atoms with E-state index in [0.717, 1.165) is 24.6 Å². The molecule has 0 aliphatic rings. The highest BCUT2D eigenvalue weighted by molar-refractivity contribution is 7.98. The molecule has 0 atom stereocenters. The molecule has 2 rings (SSSR count). The molecule has 4 nitrogen and oxygen atoms in total. The molecular formula is C12H18N4S. The second-order valence-electron chi connectivity index (χ2n) is 3.92. The minimum atomic E-state index is 0.782. The van der Waals surface area contributed by atoms with Gasteiger partial charge < -0.3 is 5.32 Å². The number of hydrogen-bond acceptors (Lipinski definition) is 4. The predicted molar refractivity (Wildman–Crippen MR) is 72.3 cm³/mol. The van der Waals surface area contributed by atoms with Crippen LogP contribution in [0.25, 0.3) is 5.65 Å². The summed E-state index contributed by atoms with van der Waals surface area (Å²) in [7, 11) is 0. The molecule has 0 aliphatic carbocycles. The van der Waals surface area contributed by atoms with Crippen molar-refractivity contribution < 1.29 is 0 Å². The minimum absolute atomic E-state index is 0.782. The van der Waals surface area contributed by atoms with E-state index in [4.69, 9.17) is 0 Å². The minimum Gasteiger partial charge on any atom is -0.310 e. The van der Waals surface area contributed by atoms with Gasteiger partial charge in [-0.2, -0.15) is 11.8 Å². The maximum absolute atomic E-state index is 4.18. The lowest BCUT2D eigenvalue weighted by Crippen LogP contribution is -2.16. The molecule has 0 saturated carbocycles. The number of thioether (sulfide) groups is 1. The smallest absolute Gasteiger partial charge is 0.160 e. The first kappa shape index (κ1) is 12.4. The van der Waals surface area contributed by atoms with Crippen LogP contribution >= 0.6 is 11.8 Å². The van der Waals surface area contributed by atoms with Gasteiger partial charge in [0.2, 0.25) is 0 Å². The average molecular weight is 250 g/mol. The third kappa shape index (κ3) is 3.44. The number of fused-ring (bicyclic) bond motifs is 1. The van der Waals surface area contributed by atoms with Crippen LogP contribution in [0.1, 0.15) is 18.7 Å². The van der Waals surface area contributed by atoms with Gasteiger partial charge in [-0.1, -0.05) is 6.07 Å². The molecule has 2 aromatic heterocycles. The second-order valence-corrected chi connectivity index (χ2v) is 4.91. The van der Waals surface area contributed by atoms with E-state index < -0.39 is 0 Å². The number of hydrogen-bond donors (Lipinski definition) is 1. The second kappa shape index (κ2) is 6.61. The van der Waals surface area contributed by atoms with Crippen molar-refractivity contribution in [1.82, 2.24) is 19.9 Å². The van der Waals surface area contributed by atoms with Gasteiger partial charge in [0.05, 0.1) is 6.54 Å². The Kier molecular flexibility index (Phi) is 4.82. The van der Waals surface area contributed by atoms with E-state index in [0.29, 0.717) is 0 Å². The summed E-state index contributed by atoms with van der Waals surface area (Å²) in [4.78, 5) is 0. The number of rotatable bonds is 7. The Morgan fingerprint density at radius 3 is 3.12 bits per heavy atom. The molecule has 0 unspecified atom stereocenters. The van der Waals surface area contributed by atoms with Crippen LogP contribution in [0.5, 0.6) is 0 Å². The maximum atomic E-state index is 4.18. The number of unbranched alkanes of at least 4 members (excludes halogenated alkanes) is 1. The zero-order valence-electron chi connectivity index (χ0n) is 10.1. The topological polar surface area (TPSA) is 42.2 Å². The number of pyridine rings is 1. The first-order valence-electron chi connectivity index (χ1n) is 5.90. The van der Waals surface area contributed by atoms with Crippen molar-refractivity contribution in [2.75, 3.05) is 18.6 Å². The summed E-state index contributed by atoms with van der Waals surface area (Å²) in [5.41, 5.74) is 0.909. The van der Waals surface area contributed by atoms with E-state index in [1.165, 1.54) is 18.6 Å². The Hall–Kier alpha value is -1.07. The Morgan fingerprint density at radius 1 is 1.29 bits per heavy atom. The molecule has 0 aromatic carbocycles. The molecule has 2 aromatic rings. The molecule has 1 N–H and O–H groups in total. The van der Waals surface area contributed by atoms with Crippen molar-refractivity contribution in [1.29, 1.82) is 0 Å². The summed E-state index contributed by atoms with van der Waals surface area (Å²) < 4.78 is 2.02. The monoisotopic (exact) mass is 250 g/mol. The quantitative estimate of drug-likeness (QED) is 0.763. The van der Waals surface area contributed by atoms with Gasteiger partial charge >= 0.3 is 0 Å². The molecular weight excluding hydrogens is 232 g/mol. The summed E-state index contributed by atoms with van der Waals surface area (Å²) in [6.45, 7) is 1.83. The van der Waals surface area contributed by atoms with Gasteiger partial charge in [0, 0.05) is 6.20 Å². The van der Waals surface area contributed by atoms with E-state index in [1.54, 1.807) is 0 Å². The highest BCUT2D eigenvalue weighted by Gasteiger charge is 2.02. The molecule has 0 amide bonds. The van der Waals surface area contributed by atoms with Crippen LogP contribution in [0.3, 0.4) is 0 Å². The van der Waals surface area contributed by atoms with Crippen molar-refractivity contribution in [2.45, 2.75) is 19.4 Å². The summed E-state index contributed by atoms with van der Waals surface area (Å²) in [5.74, 6) is 2.22. The van der Waals surface area contributed by atoms with Crippen LogP contribution in [-0.2, 0) is 6.54 Å². The Labute approximate surface area is 106 Å². The van der Waals surface area contributed by atoms with Gasteiger partial charge in [-0.25, -0.2) is 0 Å². The van der Waals surface area contributed by atoms with Crippen LogP contribution < -0.4 is 5.32 Å². The molecule has 5 heteroatoms. The van der Waals surface area contributed by atoms with Crippen LogP contribution in [0.4, 0.5) is 0 Å². The normalized spacial score (nSPS) is 11.1. The van der Waals surface area contributed by atoms with Crippen LogP contribution in [-0.4, -0.2) is 33.2 Å². The van der Waals surface area contributed by atoms with Gasteiger partial charge in [-0.3, -0.25) is 4.40 Å². The number of nitrogens with one attached hydrogen (secondary N) is 1.